The Hall–Kier alpha value is -1.58. The molecule has 0 amide bonds. The van der Waals surface area contributed by atoms with Crippen molar-refractivity contribution in [1.29, 1.82) is 0 Å². The molecule has 0 aliphatic rings. The molecule has 14 heavy (non-hydrogen) atoms. The number of pyridine rings is 1. The summed E-state index contributed by atoms with van der Waals surface area (Å²) in [6.45, 7) is 3.31. The van der Waals surface area contributed by atoms with Crippen molar-refractivity contribution in [3.63, 3.8) is 0 Å². The number of carboxylic acid groups (broad SMARTS) is 1. The maximum absolute atomic E-state index is 11.0. The summed E-state index contributed by atoms with van der Waals surface area (Å²) in [5, 5.41) is 9.01. The molecule has 1 aromatic heterocycles. The number of rotatable bonds is 3. The van der Waals surface area contributed by atoms with E-state index < -0.39 is 11.5 Å². The van der Waals surface area contributed by atoms with E-state index in [1.807, 2.05) is 6.07 Å². The Morgan fingerprint density at radius 3 is 2.64 bits per heavy atom. The number of hydrogen-bond donors (Lipinski definition) is 1. The summed E-state index contributed by atoms with van der Waals surface area (Å²) >= 11 is 0. The van der Waals surface area contributed by atoms with E-state index in [1.165, 1.54) is 0 Å². The minimum Gasteiger partial charge on any atom is -0.480 e. The van der Waals surface area contributed by atoms with Gasteiger partial charge in [0.2, 0.25) is 0 Å². The van der Waals surface area contributed by atoms with E-state index in [1.54, 1.807) is 44.3 Å². The predicted molar refractivity (Wildman–Crippen MR) is 54.4 cm³/mol. The largest absolute Gasteiger partial charge is 0.480 e. The third-order valence-electron chi connectivity index (χ3n) is 2.40. The maximum Gasteiger partial charge on any atom is 0.328 e. The Bertz CT molecular complexity index is 322. The zero-order valence-corrected chi connectivity index (χ0v) is 8.56. The van der Waals surface area contributed by atoms with Gasteiger partial charge in [-0.05, 0) is 26.0 Å². The molecule has 1 rings (SSSR count). The van der Waals surface area contributed by atoms with Gasteiger partial charge >= 0.3 is 5.97 Å². The molecule has 0 aliphatic carbocycles. The van der Waals surface area contributed by atoms with Gasteiger partial charge in [-0.1, -0.05) is 0 Å². The van der Waals surface area contributed by atoms with Crippen LogP contribution in [0.2, 0.25) is 0 Å². The lowest BCUT2D eigenvalue weighted by Crippen LogP contribution is -2.48. The van der Waals surface area contributed by atoms with Crippen LogP contribution in [0.15, 0.2) is 24.5 Å². The summed E-state index contributed by atoms with van der Waals surface area (Å²) in [5.41, 5.74) is -0.136. The van der Waals surface area contributed by atoms with Crippen molar-refractivity contribution in [1.82, 2.24) is 4.98 Å². The molecule has 0 saturated carbocycles. The second kappa shape index (κ2) is 3.65. The van der Waals surface area contributed by atoms with Crippen molar-refractivity contribution in [2.45, 2.75) is 19.4 Å². The highest BCUT2D eigenvalue weighted by molar-refractivity contribution is 5.82. The first kappa shape index (κ1) is 10.5. The van der Waals surface area contributed by atoms with Gasteiger partial charge in [0.1, 0.15) is 5.54 Å². The van der Waals surface area contributed by atoms with Crippen LogP contribution in [0, 0.1) is 0 Å². The van der Waals surface area contributed by atoms with E-state index in [0.29, 0.717) is 0 Å². The van der Waals surface area contributed by atoms with Gasteiger partial charge in [-0.15, -0.1) is 0 Å². The summed E-state index contributed by atoms with van der Waals surface area (Å²) in [4.78, 5) is 16.6. The van der Waals surface area contributed by atoms with Crippen LogP contribution in [0.3, 0.4) is 0 Å². The Morgan fingerprint density at radius 1 is 1.57 bits per heavy atom. The molecule has 4 nitrogen and oxygen atoms in total. The van der Waals surface area contributed by atoms with Crippen LogP contribution in [0.1, 0.15) is 13.8 Å². The molecule has 0 bridgehead atoms. The van der Waals surface area contributed by atoms with Crippen molar-refractivity contribution in [3.8, 4) is 0 Å². The molecule has 1 heterocycles. The lowest BCUT2D eigenvalue weighted by molar-refractivity contribution is -0.142. The molecule has 0 unspecified atom stereocenters. The fourth-order valence-electron chi connectivity index (χ4n) is 1.02. The first-order valence-corrected chi connectivity index (χ1v) is 4.33. The average Bonchev–Trinajstić information content (AvgIpc) is 2.17. The molecule has 1 N–H and O–H groups in total. The van der Waals surface area contributed by atoms with Crippen LogP contribution in [-0.2, 0) is 4.79 Å². The van der Waals surface area contributed by atoms with Gasteiger partial charge in [-0.2, -0.15) is 0 Å². The lowest BCUT2D eigenvalue weighted by Gasteiger charge is -2.33. The van der Waals surface area contributed by atoms with Crippen molar-refractivity contribution in [2.75, 3.05) is 11.9 Å². The van der Waals surface area contributed by atoms with Crippen molar-refractivity contribution in [2.24, 2.45) is 0 Å². The highest BCUT2D eigenvalue weighted by Gasteiger charge is 2.32. The van der Waals surface area contributed by atoms with Crippen molar-refractivity contribution >= 4 is 11.7 Å². The molecular formula is C10H14N2O2. The average molecular weight is 194 g/mol. The Labute approximate surface area is 83.2 Å². The van der Waals surface area contributed by atoms with E-state index in [9.17, 15) is 4.79 Å². The Morgan fingerprint density at radius 2 is 2.21 bits per heavy atom. The zero-order valence-electron chi connectivity index (χ0n) is 8.56. The van der Waals surface area contributed by atoms with Gasteiger partial charge in [-0.25, -0.2) is 4.79 Å². The summed E-state index contributed by atoms with van der Waals surface area (Å²) in [6, 6.07) is 3.61. The lowest BCUT2D eigenvalue weighted by atomic mass is 10.0. The first-order valence-electron chi connectivity index (χ1n) is 4.33. The van der Waals surface area contributed by atoms with Crippen LogP contribution in [0.25, 0.3) is 0 Å². The topological polar surface area (TPSA) is 53.4 Å². The van der Waals surface area contributed by atoms with E-state index in [4.69, 9.17) is 5.11 Å². The molecule has 0 aliphatic heterocycles. The molecular weight excluding hydrogens is 180 g/mol. The molecule has 0 spiro atoms. The maximum atomic E-state index is 11.0. The SMILES string of the molecule is CN(c1cccnc1)C(C)(C)C(=O)O. The van der Waals surface area contributed by atoms with E-state index in [2.05, 4.69) is 4.98 Å². The number of nitrogens with zero attached hydrogens (tertiary/aromatic N) is 2. The summed E-state index contributed by atoms with van der Waals surface area (Å²) in [7, 11) is 1.74. The number of anilines is 1. The van der Waals surface area contributed by atoms with Crippen LogP contribution >= 0.6 is 0 Å². The van der Waals surface area contributed by atoms with Gasteiger partial charge in [0.25, 0.3) is 0 Å². The zero-order chi connectivity index (χ0) is 10.8. The summed E-state index contributed by atoms with van der Waals surface area (Å²) in [6.07, 6.45) is 3.30. The second-order valence-electron chi connectivity index (χ2n) is 3.63. The molecule has 0 radical (unpaired) electrons. The van der Waals surface area contributed by atoms with Gasteiger partial charge in [0, 0.05) is 13.2 Å². The number of hydrogen-bond acceptors (Lipinski definition) is 3. The standard InChI is InChI=1S/C10H14N2O2/c1-10(2,9(13)14)12(3)8-5-4-6-11-7-8/h4-7H,1-3H3,(H,13,14). The summed E-state index contributed by atoms with van der Waals surface area (Å²) < 4.78 is 0. The van der Waals surface area contributed by atoms with Crippen LogP contribution in [0.4, 0.5) is 5.69 Å². The quantitative estimate of drug-likeness (QED) is 0.789. The summed E-state index contributed by atoms with van der Waals surface area (Å²) in [5.74, 6) is -0.858. The van der Waals surface area contributed by atoms with E-state index >= 15 is 0 Å². The van der Waals surface area contributed by atoms with E-state index in [0.717, 1.165) is 5.69 Å². The number of carbonyl (C=O) groups is 1. The highest BCUT2D eigenvalue weighted by atomic mass is 16.4. The van der Waals surface area contributed by atoms with Gasteiger partial charge < -0.3 is 10.0 Å². The highest BCUT2D eigenvalue weighted by Crippen LogP contribution is 2.20. The van der Waals surface area contributed by atoms with Gasteiger partial charge in [0.05, 0.1) is 11.9 Å². The molecule has 0 atom stereocenters. The molecule has 76 valence electrons. The normalized spacial score (nSPS) is 11.1. The molecule has 0 aromatic carbocycles. The molecule has 0 saturated heterocycles. The minimum absolute atomic E-state index is 0.792. The Balaban J connectivity index is 2.96. The number of carboxylic acids is 1. The van der Waals surface area contributed by atoms with Gasteiger partial charge in [0.15, 0.2) is 0 Å². The van der Waals surface area contributed by atoms with E-state index in [-0.39, 0.29) is 0 Å². The number of aromatic nitrogens is 1. The molecule has 1 aromatic rings. The fourth-order valence-corrected chi connectivity index (χ4v) is 1.02. The Kier molecular flexibility index (Phi) is 2.74. The minimum atomic E-state index is -0.928. The molecule has 4 heteroatoms. The monoisotopic (exact) mass is 194 g/mol. The predicted octanol–water partition coefficient (Wildman–Crippen LogP) is 1.38. The van der Waals surface area contributed by atoms with Gasteiger partial charge in [-0.3, -0.25) is 4.98 Å². The second-order valence-corrected chi connectivity index (χ2v) is 3.63. The van der Waals surface area contributed by atoms with Crippen molar-refractivity contribution < 1.29 is 9.90 Å². The van der Waals surface area contributed by atoms with Crippen LogP contribution in [0.5, 0.6) is 0 Å². The number of aliphatic carboxylic acids is 1. The molecule has 0 fully saturated rings. The van der Waals surface area contributed by atoms with Crippen molar-refractivity contribution in [3.05, 3.63) is 24.5 Å². The first-order chi connectivity index (χ1) is 6.46. The van der Waals surface area contributed by atoms with Crippen LogP contribution in [-0.4, -0.2) is 28.6 Å². The number of likely N-dealkylation sites (N-methyl/N-ethyl adjacent to an activating group) is 1. The fraction of sp³-hybridized carbons (Fsp3) is 0.400. The smallest absolute Gasteiger partial charge is 0.328 e. The third kappa shape index (κ3) is 1.84. The third-order valence-corrected chi connectivity index (χ3v) is 2.40. The van der Waals surface area contributed by atoms with Crippen LogP contribution < -0.4 is 4.90 Å².